The molecule has 0 aromatic heterocycles. The molecule has 0 aromatic rings. The van der Waals surface area contributed by atoms with Crippen LogP contribution < -0.4 is 5.32 Å². The third-order valence-corrected chi connectivity index (χ3v) is 4.66. The Bertz CT molecular complexity index is 158. The number of thioether (sulfide) groups is 1. The van der Waals surface area contributed by atoms with E-state index in [0.717, 1.165) is 18.1 Å². The summed E-state index contributed by atoms with van der Waals surface area (Å²) in [6.07, 6.45) is 2.56. The molecule has 0 aliphatic carbocycles. The molecule has 0 saturated carbocycles. The Morgan fingerprint density at radius 2 is 2.15 bits per heavy atom. The standard InChI is InChI=1S/C9H19NOS2/c1-2-13(11)8-5-10-9-3-6-12-7-4-9/h9-10H,2-8H2,1H3. The molecule has 1 atom stereocenters. The van der Waals surface area contributed by atoms with E-state index >= 15 is 0 Å². The first-order valence-corrected chi connectivity index (χ1v) is 7.63. The first kappa shape index (κ1) is 11.5. The van der Waals surface area contributed by atoms with Gasteiger partial charge < -0.3 is 5.32 Å². The first-order valence-electron chi connectivity index (χ1n) is 4.99. The molecular formula is C9H19NOS2. The van der Waals surface area contributed by atoms with E-state index in [4.69, 9.17) is 0 Å². The maximum Gasteiger partial charge on any atom is 0.0360 e. The molecule has 4 heteroatoms. The van der Waals surface area contributed by atoms with Gasteiger partial charge in [0.15, 0.2) is 0 Å². The third kappa shape index (κ3) is 5.03. The molecule has 1 N–H and O–H groups in total. The zero-order chi connectivity index (χ0) is 9.52. The lowest BCUT2D eigenvalue weighted by Gasteiger charge is -2.22. The van der Waals surface area contributed by atoms with Crippen molar-refractivity contribution in [2.24, 2.45) is 0 Å². The summed E-state index contributed by atoms with van der Waals surface area (Å²) in [4.78, 5) is 0. The van der Waals surface area contributed by atoms with Gasteiger partial charge in [0.25, 0.3) is 0 Å². The molecular weight excluding hydrogens is 202 g/mol. The molecule has 1 aliphatic rings. The molecule has 1 unspecified atom stereocenters. The van der Waals surface area contributed by atoms with Gasteiger partial charge in [-0.15, -0.1) is 0 Å². The van der Waals surface area contributed by atoms with Crippen LogP contribution in [0.15, 0.2) is 0 Å². The lowest BCUT2D eigenvalue weighted by Crippen LogP contribution is -2.35. The van der Waals surface area contributed by atoms with Gasteiger partial charge in [-0.1, -0.05) is 6.92 Å². The highest BCUT2D eigenvalue weighted by atomic mass is 32.2. The SMILES string of the molecule is CCS(=O)CCNC1CCSCC1. The highest BCUT2D eigenvalue weighted by Gasteiger charge is 2.12. The molecule has 0 amide bonds. The van der Waals surface area contributed by atoms with Crippen LogP contribution in [0.25, 0.3) is 0 Å². The molecule has 1 rings (SSSR count). The van der Waals surface area contributed by atoms with Crippen molar-refractivity contribution in [2.45, 2.75) is 25.8 Å². The van der Waals surface area contributed by atoms with Crippen LogP contribution >= 0.6 is 11.8 Å². The van der Waals surface area contributed by atoms with Gasteiger partial charge in [-0.3, -0.25) is 4.21 Å². The fourth-order valence-electron chi connectivity index (χ4n) is 1.42. The van der Waals surface area contributed by atoms with Gasteiger partial charge in [-0.05, 0) is 24.3 Å². The highest BCUT2D eigenvalue weighted by Crippen LogP contribution is 2.16. The summed E-state index contributed by atoms with van der Waals surface area (Å²) in [7, 11) is -0.599. The van der Waals surface area contributed by atoms with Crippen molar-refractivity contribution in [1.29, 1.82) is 0 Å². The van der Waals surface area contributed by atoms with Gasteiger partial charge in [0.1, 0.15) is 0 Å². The second kappa shape index (κ2) is 6.85. The van der Waals surface area contributed by atoms with E-state index in [-0.39, 0.29) is 0 Å². The molecule has 13 heavy (non-hydrogen) atoms. The molecule has 78 valence electrons. The average molecular weight is 221 g/mol. The maximum atomic E-state index is 11.1. The average Bonchev–Trinajstić information content (AvgIpc) is 2.19. The third-order valence-electron chi connectivity index (χ3n) is 2.31. The van der Waals surface area contributed by atoms with E-state index in [9.17, 15) is 4.21 Å². The Morgan fingerprint density at radius 1 is 1.46 bits per heavy atom. The second-order valence-corrected chi connectivity index (χ2v) is 6.36. The van der Waals surface area contributed by atoms with Gasteiger partial charge in [0.05, 0.1) is 0 Å². The molecule has 2 nitrogen and oxygen atoms in total. The highest BCUT2D eigenvalue weighted by molar-refractivity contribution is 7.99. The van der Waals surface area contributed by atoms with Crippen molar-refractivity contribution in [3.8, 4) is 0 Å². The van der Waals surface area contributed by atoms with Crippen molar-refractivity contribution in [3.05, 3.63) is 0 Å². The number of hydrogen-bond acceptors (Lipinski definition) is 3. The van der Waals surface area contributed by atoms with Crippen LogP contribution in [-0.4, -0.2) is 39.8 Å². The summed E-state index contributed by atoms with van der Waals surface area (Å²) in [5.74, 6) is 4.19. The van der Waals surface area contributed by atoms with Crippen molar-refractivity contribution in [3.63, 3.8) is 0 Å². The predicted molar refractivity (Wildman–Crippen MR) is 61.9 cm³/mol. The number of rotatable bonds is 5. The lowest BCUT2D eigenvalue weighted by molar-refractivity contribution is 0.498. The van der Waals surface area contributed by atoms with Gasteiger partial charge in [-0.2, -0.15) is 11.8 Å². The van der Waals surface area contributed by atoms with E-state index in [0.29, 0.717) is 6.04 Å². The minimum Gasteiger partial charge on any atom is -0.313 e. The normalized spacial score (nSPS) is 21.6. The Balaban J connectivity index is 2.01. The minimum atomic E-state index is -0.599. The summed E-state index contributed by atoms with van der Waals surface area (Å²) in [6.45, 7) is 2.91. The lowest BCUT2D eigenvalue weighted by atomic mass is 10.1. The Morgan fingerprint density at radius 3 is 2.77 bits per heavy atom. The Hall–Kier alpha value is 0.460. The molecule has 0 spiro atoms. The Kier molecular flexibility index (Phi) is 6.07. The molecule has 1 fully saturated rings. The number of nitrogens with one attached hydrogen (secondary N) is 1. The monoisotopic (exact) mass is 221 g/mol. The van der Waals surface area contributed by atoms with Crippen LogP contribution in [0.4, 0.5) is 0 Å². The summed E-state index contributed by atoms with van der Waals surface area (Å²) >= 11 is 2.04. The molecule has 0 radical (unpaired) electrons. The van der Waals surface area contributed by atoms with Crippen LogP contribution in [0.2, 0.25) is 0 Å². The van der Waals surface area contributed by atoms with Gasteiger partial charge in [0.2, 0.25) is 0 Å². The van der Waals surface area contributed by atoms with Crippen LogP contribution in [0.5, 0.6) is 0 Å². The molecule has 0 bridgehead atoms. The molecule has 0 aromatic carbocycles. The van der Waals surface area contributed by atoms with E-state index in [1.807, 2.05) is 18.7 Å². The van der Waals surface area contributed by atoms with E-state index in [2.05, 4.69) is 5.32 Å². The smallest absolute Gasteiger partial charge is 0.0360 e. The maximum absolute atomic E-state index is 11.1. The van der Waals surface area contributed by atoms with E-state index < -0.39 is 10.8 Å². The fraction of sp³-hybridized carbons (Fsp3) is 1.00. The predicted octanol–water partition coefficient (Wildman–Crippen LogP) is 1.24. The summed E-state index contributed by atoms with van der Waals surface area (Å²) < 4.78 is 11.1. The second-order valence-electron chi connectivity index (χ2n) is 3.27. The topological polar surface area (TPSA) is 29.1 Å². The van der Waals surface area contributed by atoms with Gasteiger partial charge >= 0.3 is 0 Å². The Labute approximate surface area is 87.7 Å². The molecule has 1 heterocycles. The summed E-state index contributed by atoms with van der Waals surface area (Å²) in [5.41, 5.74) is 0. The molecule has 1 saturated heterocycles. The largest absolute Gasteiger partial charge is 0.313 e. The molecule has 1 aliphatic heterocycles. The van der Waals surface area contributed by atoms with Crippen molar-refractivity contribution >= 4 is 22.6 Å². The quantitative estimate of drug-likeness (QED) is 0.757. The van der Waals surface area contributed by atoms with Gasteiger partial charge in [-0.25, -0.2) is 0 Å². The van der Waals surface area contributed by atoms with Crippen molar-refractivity contribution < 1.29 is 4.21 Å². The zero-order valence-electron chi connectivity index (χ0n) is 8.25. The number of hydrogen-bond donors (Lipinski definition) is 1. The van der Waals surface area contributed by atoms with Crippen LogP contribution in [0.3, 0.4) is 0 Å². The van der Waals surface area contributed by atoms with Crippen LogP contribution in [-0.2, 0) is 10.8 Å². The van der Waals surface area contributed by atoms with Crippen molar-refractivity contribution in [1.82, 2.24) is 5.32 Å². The van der Waals surface area contributed by atoms with Crippen LogP contribution in [0.1, 0.15) is 19.8 Å². The van der Waals surface area contributed by atoms with E-state index in [1.165, 1.54) is 24.3 Å². The summed E-state index contributed by atoms with van der Waals surface area (Å²) in [6, 6.07) is 0.690. The zero-order valence-corrected chi connectivity index (χ0v) is 9.88. The fourth-order valence-corrected chi connectivity index (χ4v) is 3.16. The minimum absolute atomic E-state index is 0.599. The summed E-state index contributed by atoms with van der Waals surface area (Å²) in [5, 5.41) is 3.48. The first-order chi connectivity index (χ1) is 6.33. The van der Waals surface area contributed by atoms with Gasteiger partial charge in [0, 0.05) is 34.9 Å². The van der Waals surface area contributed by atoms with Crippen molar-refractivity contribution in [2.75, 3.05) is 29.6 Å². The van der Waals surface area contributed by atoms with Crippen LogP contribution in [0, 0.1) is 0 Å². The van der Waals surface area contributed by atoms with E-state index in [1.54, 1.807) is 0 Å².